The average Bonchev–Trinajstić information content (AvgIpc) is 2.31. The third-order valence-corrected chi connectivity index (χ3v) is 3.34. The van der Waals surface area contributed by atoms with Gasteiger partial charge in [0.1, 0.15) is 0 Å². The quantitative estimate of drug-likeness (QED) is 0.667. The first-order valence-corrected chi connectivity index (χ1v) is 5.86. The van der Waals surface area contributed by atoms with Crippen LogP contribution in [0.3, 0.4) is 0 Å². The molecule has 0 aromatic carbocycles. The molecule has 5 nitrogen and oxygen atoms in total. The van der Waals surface area contributed by atoms with Crippen LogP contribution < -0.4 is 5.73 Å². The van der Waals surface area contributed by atoms with E-state index in [1.807, 2.05) is 0 Å². The molecule has 0 radical (unpaired) electrons. The molecule has 2 rings (SSSR count). The van der Waals surface area contributed by atoms with E-state index in [9.17, 15) is 9.59 Å². The van der Waals surface area contributed by atoms with Crippen molar-refractivity contribution in [3.05, 3.63) is 0 Å². The molecule has 16 heavy (non-hydrogen) atoms. The molecule has 2 N–H and O–H groups in total. The van der Waals surface area contributed by atoms with Gasteiger partial charge in [0, 0.05) is 26.2 Å². The second kappa shape index (κ2) is 4.93. The number of amides is 2. The lowest BCUT2D eigenvalue weighted by atomic mass is 9.97. The smallest absolute Gasteiger partial charge is 0.246 e. The van der Waals surface area contributed by atoms with Gasteiger partial charge in [-0.15, -0.1) is 0 Å². The Hall–Kier alpha value is -0.940. The van der Waals surface area contributed by atoms with Gasteiger partial charge in [-0.3, -0.25) is 14.5 Å². The van der Waals surface area contributed by atoms with Crippen LogP contribution in [0, 0.1) is 5.92 Å². The number of likely N-dealkylation sites (tertiary alicyclic amines) is 1. The Kier molecular flexibility index (Phi) is 3.56. The molecule has 2 amide bonds. The second-order valence-corrected chi connectivity index (χ2v) is 4.54. The number of nitrogens with two attached hydrogens (primary N) is 1. The van der Waals surface area contributed by atoms with E-state index in [4.69, 9.17) is 10.5 Å². The molecule has 0 aromatic rings. The number of ether oxygens (including phenoxy) is 1. The summed E-state index contributed by atoms with van der Waals surface area (Å²) in [4.78, 5) is 24.8. The molecule has 90 valence electrons. The first kappa shape index (κ1) is 11.5. The maximum absolute atomic E-state index is 11.8. The van der Waals surface area contributed by atoms with Crippen LogP contribution in [0.2, 0.25) is 0 Å². The number of carbonyl (C=O) groups excluding carboxylic acids is 2. The summed E-state index contributed by atoms with van der Waals surface area (Å²) < 4.78 is 5.25. The van der Waals surface area contributed by atoms with Crippen LogP contribution in [-0.4, -0.2) is 42.5 Å². The second-order valence-electron chi connectivity index (χ2n) is 4.54. The third-order valence-electron chi connectivity index (χ3n) is 3.34. The number of nitrogens with zero attached hydrogens (tertiary/aromatic N) is 1. The van der Waals surface area contributed by atoms with Crippen molar-refractivity contribution in [1.29, 1.82) is 0 Å². The van der Waals surface area contributed by atoms with Crippen molar-refractivity contribution in [2.75, 3.05) is 19.8 Å². The van der Waals surface area contributed by atoms with Crippen molar-refractivity contribution in [3.8, 4) is 0 Å². The zero-order chi connectivity index (χ0) is 11.5. The lowest BCUT2D eigenvalue weighted by Gasteiger charge is -2.33. The molecule has 5 heteroatoms. The van der Waals surface area contributed by atoms with Gasteiger partial charge in [0.25, 0.3) is 0 Å². The highest BCUT2D eigenvalue weighted by Crippen LogP contribution is 2.19. The van der Waals surface area contributed by atoms with Gasteiger partial charge in [0.05, 0.1) is 6.04 Å². The first-order valence-electron chi connectivity index (χ1n) is 5.86. The fraction of sp³-hybridized carbons (Fsp3) is 0.818. The van der Waals surface area contributed by atoms with Gasteiger partial charge in [0.15, 0.2) is 0 Å². The molecule has 2 saturated heterocycles. The third kappa shape index (κ3) is 2.41. The van der Waals surface area contributed by atoms with E-state index in [0.29, 0.717) is 25.3 Å². The van der Waals surface area contributed by atoms with Gasteiger partial charge in [-0.2, -0.15) is 0 Å². The van der Waals surface area contributed by atoms with Gasteiger partial charge in [-0.1, -0.05) is 0 Å². The summed E-state index contributed by atoms with van der Waals surface area (Å²) >= 11 is 0. The lowest BCUT2D eigenvalue weighted by Crippen LogP contribution is -2.52. The Morgan fingerprint density at radius 2 is 1.94 bits per heavy atom. The van der Waals surface area contributed by atoms with E-state index in [1.165, 1.54) is 4.90 Å². The Labute approximate surface area is 94.9 Å². The topological polar surface area (TPSA) is 72.6 Å². The minimum atomic E-state index is -0.488. The van der Waals surface area contributed by atoms with Crippen molar-refractivity contribution < 1.29 is 14.3 Å². The van der Waals surface area contributed by atoms with Crippen molar-refractivity contribution in [2.24, 2.45) is 11.7 Å². The van der Waals surface area contributed by atoms with Crippen molar-refractivity contribution in [3.63, 3.8) is 0 Å². The summed E-state index contributed by atoms with van der Waals surface area (Å²) in [5.74, 6) is 0.105. The molecule has 2 fully saturated rings. The summed E-state index contributed by atoms with van der Waals surface area (Å²) in [6.07, 6.45) is 2.73. The normalized spacial score (nSPS) is 28.6. The first-order chi connectivity index (χ1) is 7.68. The van der Waals surface area contributed by atoms with E-state index < -0.39 is 6.04 Å². The number of rotatable bonds is 2. The summed E-state index contributed by atoms with van der Waals surface area (Å²) in [7, 11) is 0. The number of hydrogen-bond acceptors (Lipinski definition) is 4. The predicted octanol–water partition coefficient (Wildman–Crippen LogP) is -0.111. The Morgan fingerprint density at radius 3 is 2.62 bits per heavy atom. The predicted molar refractivity (Wildman–Crippen MR) is 57.5 cm³/mol. The molecule has 2 aliphatic rings. The molecule has 1 atom stereocenters. The summed E-state index contributed by atoms with van der Waals surface area (Å²) in [5.41, 5.74) is 5.67. The summed E-state index contributed by atoms with van der Waals surface area (Å²) in [6.45, 7) is 1.98. The lowest BCUT2D eigenvalue weighted by molar-refractivity contribution is -0.150. The number of imide groups is 1. The molecule has 0 aliphatic carbocycles. The van der Waals surface area contributed by atoms with Gasteiger partial charge >= 0.3 is 0 Å². The molecule has 0 saturated carbocycles. The molecule has 2 heterocycles. The van der Waals surface area contributed by atoms with Crippen LogP contribution >= 0.6 is 0 Å². The molecular formula is C11H18N2O3. The van der Waals surface area contributed by atoms with Crippen molar-refractivity contribution >= 4 is 11.8 Å². The Morgan fingerprint density at radius 1 is 1.25 bits per heavy atom. The van der Waals surface area contributed by atoms with Crippen LogP contribution in [0.1, 0.15) is 25.7 Å². The SMILES string of the molecule is NC1CCC(=O)N(CC2CCOCC2)C1=O. The van der Waals surface area contributed by atoms with Crippen LogP contribution in [0.15, 0.2) is 0 Å². The highest BCUT2D eigenvalue weighted by atomic mass is 16.5. The summed E-state index contributed by atoms with van der Waals surface area (Å²) in [6, 6.07) is -0.488. The number of piperidine rings is 1. The molecule has 2 aliphatic heterocycles. The maximum atomic E-state index is 11.8. The standard InChI is InChI=1S/C11H18N2O3/c12-9-1-2-10(14)13(11(9)15)7-8-3-5-16-6-4-8/h8-9H,1-7,12H2. The van der Waals surface area contributed by atoms with E-state index in [2.05, 4.69) is 0 Å². The van der Waals surface area contributed by atoms with E-state index in [-0.39, 0.29) is 11.8 Å². The Bertz CT molecular complexity index is 287. The van der Waals surface area contributed by atoms with Crippen LogP contribution in [0.5, 0.6) is 0 Å². The fourth-order valence-electron chi connectivity index (χ4n) is 2.24. The van der Waals surface area contributed by atoms with E-state index >= 15 is 0 Å². The van der Waals surface area contributed by atoms with Gasteiger partial charge in [0.2, 0.25) is 11.8 Å². The van der Waals surface area contributed by atoms with Gasteiger partial charge in [-0.05, 0) is 25.2 Å². The minimum Gasteiger partial charge on any atom is -0.381 e. The molecule has 0 spiro atoms. The number of carbonyl (C=O) groups is 2. The van der Waals surface area contributed by atoms with E-state index in [0.717, 1.165) is 26.1 Å². The van der Waals surface area contributed by atoms with Crippen molar-refractivity contribution in [2.45, 2.75) is 31.7 Å². The fourth-order valence-corrected chi connectivity index (χ4v) is 2.24. The maximum Gasteiger partial charge on any atom is 0.246 e. The average molecular weight is 226 g/mol. The van der Waals surface area contributed by atoms with Crippen LogP contribution in [0.4, 0.5) is 0 Å². The molecule has 0 bridgehead atoms. The summed E-state index contributed by atoms with van der Waals surface area (Å²) in [5, 5.41) is 0. The highest BCUT2D eigenvalue weighted by molar-refractivity contribution is 6.00. The molecular weight excluding hydrogens is 208 g/mol. The minimum absolute atomic E-state index is 0.0711. The van der Waals surface area contributed by atoms with E-state index in [1.54, 1.807) is 0 Å². The van der Waals surface area contributed by atoms with Crippen LogP contribution in [0.25, 0.3) is 0 Å². The highest BCUT2D eigenvalue weighted by Gasteiger charge is 2.33. The van der Waals surface area contributed by atoms with Gasteiger partial charge < -0.3 is 10.5 Å². The largest absolute Gasteiger partial charge is 0.381 e. The molecule has 1 unspecified atom stereocenters. The Balaban J connectivity index is 1.95. The monoisotopic (exact) mass is 226 g/mol. The zero-order valence-electron chi connectivity index (χ0n) is 9.35. The van der Waals surface area contributed by atoms with Gasteiger partial charge in [-0.25, -0.2) is 0 Å². The van der Waals surface area contributed by atoms with Crippen LogP contribution in [-0.2, 0) is 14.3 Å². The molecule has 0 aromatic heterocycles. The van der Waals surface area contributed by atoms with Crippen molar-refractivity contribution in [1.82, 2.24) is 4.90 Å². The zero-order valence-corrected chi connectivity index (χ0v) is 9.35. The number of hydrogen-bond donors (Lipinski definition) is 1.